The minimum atomic E-state index is 0.484. The van der Waals surface area contributed by atoms with Gasteiger partial charge in [-0.2, -0.15) is 0 Å². The highest BCUT2D eigenvalue weighted by Gasteiger charge is 2.09. The number of hydrogen-bond acceptors (Lipinski definition) is 1. The minimum absolute atomic E-state index is 0.484. The Morgan fingerprint density at radius 2 is 1.86 bits per heavy atom. The summed E-state index contributed by atoms with van der Waals surface area (Å²) in [4.78, 5) is 4.21. The molecule has 0 saturated heterocycles. The Bertz CT molecular complexity index is 466. The molecule has 0 unspecified atom stereocenters. The zero-order valence-corrected chi connectivity index (χ0v) is 11.4. The van der Waals surface area contributed by atoms with Crippen molar-refractivity contribution in [3.8, 4) is 0 Å². The molecule has 1 heterocycles. The molecule has 0 aliphatic rings. The second kappa shape index (κ2) is 3.97. The van der Waals surface area contributed by atoms with E-state index in [4.69, 9.17) is 23.2 Å². The van der Waals surface area contributed by atoms with Crippen LogP contribution in [0.2, 0.25) is 10.0 Å². The monoisotopic (exact) mass is 353 g/mol. The van der Waals surface area contributed by atoms with Gasteiger partial charge in [-0.15, -0.1) is 0 Å². The summed E-state index contributed by atoms with van der Waals surface area (Å²) in [6.07, 6.45) is 1.69. The van der Waals surface area contributed by atoms with Gasteiger partial charge in [0.2, 0.25) is 0 Å². The van der Waals surface area contributed by atoms with E-state index in [1.165, 1.54) is 0 Å². The molecule has 1 aromatic carbocycles. The van der Waals surface area contributed by atoms with E-state index in [2.05, 4.69) is 36.8 Å². The summed E-state index contributed by atoms with van der Waals surface area (Å²) >= 11 is 18.7. The third kappa shape index (κ3) is 1.67. The fourth-order valence-electron chi connectivity index (χ4n) is 1.15. The molecule has 14 heavy (non-hydrogen) atoms. The lowest BCUT2D eigenvalue weighted by Gasteiger charge is -2.04. The number of nitrogens with zero attached hydrogens (tertiary/aromatic N) is 1. The number of hydrogen-bond donors (Lipinski definition) is 0. The van der Waals surface area contributed by atoms with Gasteiger partial charge >= 0.3 is 0 Å². The highest BCUT2D eigenvalue weighted by atomic mass is 79.9. The molecular weight excluding hydrogens is 353 g/mol. The van der Waals surface area contributed by atoms with Crippen molar-refractivity contribution in [3.63, 3.8) is 0 Å². The van der Waals surface area contributed by atoms with Crippen LogP contribution in [0, 0.1) is 0 Å². The average molecular weight is 356 g/mol. The molecule has 2 aromatic rings. The van der Waals surface area contributed by atoms with E-state index in [0.29, 0.717) is 15.6 Å². The molecule has 2 rings (SSSR count). The SMILES string of the molecule is Clc1ccc2c(Br)c(Br)cnc2c1Cl. The van der Waals surface area contributed by atoms with Gasteiger partial charge in [-0.25, -0.2) is 0 Å². The van der Waals surface area contributed by atoms with Crippen LogP contribution in [0.1, 0.15) is 0 Å². The molecule has 0 fully saturated rings. The largest absolute Gasteiger partial charge is 0.253 e. The Hall–Kier alpha value is 0.170. The summed E-state index contributed by atoms with van der Waals surface area (Å²) in [5.41, 5.74) is 0.703. The van der Waals surface area contributed by atoms with Crippen LogP contribution in [0.3, 0.4) is 0 Å². The van der Waals surface area contributed by atoms with E-state index in [1.54, 1.807) is 12.3 Å². The first-order valence-corrected chi connectivity index (χ1v) is 6.03. The molecule has 0 aliphatic heterocycles. The Balaban J connectivity index is 2.94. The fourth-order valence-corrected chi connectivity index (χ4v) is 2.25. The Morgan fingerprint density at radius 3 is 2.57 bits per heavy atom. The number of halogens is 4. The quantitative estimate of drug-likeness (QED) is 0.643. The highest BCUT2D eigenvalue weighted by molar-refractivity contribution is 9.13. The summed E-state index contributed by atoms with van der Waals surface area (Å²) < 4.78 is 1.82. The van der Waals surface area contributed by atoms with Crippen molar-refractivity contribution in [1.82, 2.24) is 4.98 Å². The molecule has 0 radical (unpaired) electrons. The van der Waals surface area contributed by atoms with Crippen molar-refractivity contribution < 1.29 is 0 Å². The maximum atomic E-state index is 6.02. The van der Waals surface area contributed by atoms with Crippen molar-refractivity contribution in [2.45, 2.75) is 0 Å². The summed E-state index contributed by atoms with van der Waals surface area (Å²) in [6.45, 7) is 0. The normalized spacial score (nSPS) is 10.9. The number of pyridine rings is 1. The number of fused-ring (bicyclic) bond motifs is 1. The van der Waals surface area contributed by atoms with Crippen LogP contribution in [0.25, 0.3) is 10.9 Å². The van der Waals surface area contributed by atoms with E-state index < -0.39 is 0 Å². The lowest BCUT2D eigenvalue weighted by atomic mass is 10.2. The predicted octanol–water partition coefficient (Wildman–Crippen LogP) is 5.07. The van der Waals surface area contributed by atoms with E-state index in [1.807, 2.05) is 6.07 Å². The van der Waals surface area contributed by atoms with Crippen molar-refractivity contribution in [1.29, 1.82) is 0 Å². The second-order valence-electron chi connectivity index (χ2n) is 2.68. The van der Waals surface area contributed by atoms with E-state index in [-0.39, 0.29) is 0 Å². The first-order valence-electron chi connectivity index (χ1n) is 3.69. The Kier molecular flexibility index (Phi) is 3.03. The minimum Gasteiger partial charge on any atom is -0.253 e. The van der Waals surface area contributed by atoms with Crippen LogP contribution in [0.5, 0.6) is 0 Å². The number of aromatic nitrogens is 1. The van der Waals surface area contributed by atoms with Crippen LogP contribution < -0.4 is 0 Å². The number of rotatable bonds is 0. The van der Waals surface area contributed by atoms with Crippen molar-refractivity contribution in [2.24, 2.45) is 0 Å². The predicted molar refractivity (Wildman–Crippen MR) is 67.2 cm³/mol. The van der Waals surface area contributed by atoms with Gasteiger partial charge < -0.3 is 0 Å². The van der Waals surface area contributed by atoms with Gasteiger partial charge in [0.25, 0.3) is 0 Å². The van der Waals surface area contributed by atoms with Crippen LogP contribution in [0.4, 0.5) is 0 Å². The van der Waals surface area contributed by atoms with Gasteiger partial charge in [-0.05, 0) is 37.9 Å². The van der Waals surface area contributed by atoms with Crippen LogP contribution >= 0.6 is 55.1 Å². The lowest BCUT2D eigenvalue weighted by Crippen LogP contribution is -1.83. The van der Waals surface area contributed by atoms with Gasteiger partial charge in [0, 0.05) is 16.1 Å². The standard InChI is InChI=1S/C9H3Br2Cl2N/c10-5-3-14-9-4(7(5)11)1-2-6(12)8(9)13/h1-3H. The molecule has 1 aromatic heterocycles. The molecule has 0 aliphatic carbocycles. The lowest BCUT2D eigenvalue weighted by molar-refractivity contribution is 1.38. The molecule has 0 N–H and O–H groups in total. The van der Waals surface area contributed by atoms with Crippen LogP contribution in [-0.4, -0.2) is 4.98 Å². The van der Waals surface area contributed by atoms with E-state index in [9.17, 15) is 0 Å². The van der Waals surface area contributed by atoms with Crippen molar-refractivity contribution in [2.75, 3.05) is 0 Å². The smallest absolute Gasteiger partial charge is 0.0915 e. The third-order valence-electron chi connectivity index (χ3n) is 1.82. The maximum absolute atomic E-state index is 6.02. The molecule has 0 saturated carbocycles. The van der Waals surface area contributed by atoms with Gasteiger partial charge in [0.05, 0.1) is 20.0 Å². The Morgan fingerprint density at radius 1 is 1.14 bits per heavy atom. The zero-order valence-electron chi connectivity index (χ0n) is 6.69. The molecule has 0 bridgehead atoms. The highest BCUT2D eigenvalue weighted by Crippen LogP contribution is 2.35. The Labute approximate surface area is 108 Å². The van der Waals surface area contributed by atoms with E-state index >= 15 is 0 Å². The van der Waals surface area contributed by atoms with Crippen molar-refractivity contribution >= 4 is 66.0 Å². The van der Waals surface area contributed by atoms with Crippen LogP contribution in [0.15, 0.2) is 27.3 Å². The third-order valence-corrected chi connectivity index (χ3v) is 4.60. The molecule has 0 amide bonds. The summed E-state index contributed by atoms with van der Waals surface area (Å²) in [6, 6.07) is 3.64. The zero-order chi connectivity index (χ0) is 10.3. The molecule has 0 spiro atoms. The molecule has 1 nitrogen and oxygen atoms in total. The average Bonchev–Trinajstić information content (AvgIpc) is 2.17. The fraction of sp³-hybridized carbons (Fsp3) is 0. The summed E-state index contributed by atoms with van der Waals surface area (Å²) in [5.74, 6) is 0. The first kappa shape index (κ1) is 10.7. The molecule has 0 atom stereocenters. The summed E-state index contributed by atoms with van der Waals surface area (Å²) in [5, 5.41) is 1.94. The second-order valence-corrected chi connectivity index (χ2v) is 5.11. The first-order chi connectivity index (χ1) is 6.61. The summed E-state index contributed by atoms with van der Waals surface area (Å²) in [7, 11) is 0. The molecule has 5 heteroatoms. The molecular formula is C9H3Br2Cl2N. The van der Waals surface area contributed by atoms with Crippen molar-refractivity contribution in [3.05, 3.63) is 37.3 Å². The number of benzene rings is 1. The van der Waals surface area contributed by atoms with Gasteiger partial charge in [-0.3, -0.25) is 4.98 Å². The van der Waals surface area contributed by atoms with Crippen LogP contribution in [-0.2, 0) is 0 Å². The van der Waals surface area contributed by atoms with E-state index in [0.717, 1.165) is 14.3 Å². The van der Waals surface area contributed by atoms with Gasteiger partial charge in [-0.1, -0.05) is 29.3 Å². The van der Waals surface area contributed by atoms with Gasteiger partial charge in [0.15, 0.2) is 0 Å². The molecule has 72 valence electrons. The topological polar surface area (TPSA) is 12.9 Å². The van der Waals surface area contributed by atoms with Gasteiger partial charge in [0.1, 0.15) is 0 Å². The maximum Gasteiger partial charge on any atom is 0.0915 e.